The lowest BCUT2D eigenvalue weighted by atomic mass is 10.1. The van der Waals surface area contributed by atoms with Crippen molar-refractivity contribution in [2.75, 3.05) is 6.54 Å². The fourth-order valence-corrected chi connectivity index (χ4v) is 4.72. The maximum Gasteiger partial charge on any atom is 0.245 e. The lowest BCUT2D eigenvalue weighted by Gasteiger charge is -2.22. The molecule has 26 heavy (non-hydrogen) atoms. The van der Waals surface area contributed by atoms with Gasteiger partial charge >= 0.3 is 0 Å². The number of halogens is 2. The summed E-state index contributed by atoms with van der Waals surface area (Å²) in [5, 5.41) is 0.451. The van der Waals surface area contributed by atoms with E-state index in [0.717, 1.165) is 5.56 Å². The Morgan fingerprint density at radius 3 is 2.42 bits per heavy atom. The van der Waals surface area contributed by atoms with Crippen LogP contribution in [0.5, 0.6) is 0 Å². The van der Waals surface area contributed by atoms with Crippen molar-refractivity contribution in [2.45, 2.75) is 17.9 Å². The van der Waals surface area contributed by atoms with Crippen LogP contribution in [-0.4, -0.2) is 19.3 Å². The van der Waals surface area contributed by atoms with E-state index in [4.69, 9.17) is 27.6 Å². The van der Waals surface area contributed by atoms with Crippen LogP contribution in [0.1, 0.15) is 11.3 Å². The quantitative estimate of drug-likeness (QED) is 0.550. The van der Waals surface area contributed by atoms with E-state index in [2.05, 4.69) is 0 Å². The SMILES string of the molecule is O=S(=O)(c1cc(Cl)ccc1Cl)N(CCc1ccccc1)Cc1ccco1. The third-order valence-electron chi connectivity index (χ3n) is 3.92. The smallest absolute Gasteiger partial charge is 0.245 e. The van der Waals surface area contributed by atoms with Gasteiger partial charge in [0, 0.05) is 11.6 Å². The van der Waals surface area contributed by atoms with E-state index in [1.807, 2.05) is 30.3 Å². The molecule has 0 unspecified atom stereocenters. The number of hydrogen-bond acceptors (Lipinski definition) is 3. The molecule has 0 aliphatic rings. The van der Waals surface area contributed by atoms with Crippen LogP contribution in [0.3, 0.4) is 0 Å². The lowest BCUT2D eigenvalue weighted by Crippen LogP contribution is -2.32. The molecular formula is C19H17Cl2NO3S. The van der Waals surface area contributed by atoms with Crippen molar-refractivity contribution in [2.24, 2.45) is 0 Å². The number of hydrogen-bond donors (Lipinski definition) is 0. The van der Waals surface area contributed by atoms with Crippen LogP contribution >= 0.6 is 23.2 Å². The fourth-order valence-electron chi connectivity index (χ4n) is 2.57. The largest absolute Gasteiger partial charge is 0.468 e. The van der Waals surface area contributed by atoms with E-state index < -0.39 is 10.0 Å². The number of sulfonamides is 1. The highest BCUT2D eigenvalue weighted by molar-refractivity contribution is 7.89. The molecule has 0 amide bonds. The summed E-state index contributed by atoms with van der Waals surface area (Å²) in [6, 6.07) is 17.6. The van der Waals surface area contributed by atoms with Gasteiger partial charge in [-0.05, 0) is 42.3 Å². The third kappa shape index (κ3) is 4.48. The first kappa shape index (κ1) is 19.0. The molecule has 0 saturated heterocycles. The molecule has 0 fully saturated rings. The Balaban J connectivity index is 1.91. The summed E-state index contributed by atoms with van der Waals surface area (Å²) in [4.78, 5) is -0.00807. The van der Waals surface area contributed by atoms with Crippen LogP contribution in [0.2, 0.25) is 10.0 Å². The zero-order chi connectivity index (χ0) is 18.6. The highest BCUT2D eigenvalue weighted by Crippen LogP contribution is 2.28. The van der Waals surface area contributed by atoms with Crippen molar-refractivity contribution >= 4 is 33.2 Å². The highest BCUT2D eigenvalue weighted by atomic mass is 35.5. The van der Waals surface area contributed by atoms with Gasteiger partial charge in [-0.3, -0.25) is 0 Å². The van der Waals surface area contributed by atoms with Crippen LogP contribution in [0.4, 0.5) is 0 Å². The zero-order valence-electron chi connectivity index (χ0n) is 13.8. The second-order valence-corrected chi connectivity index (χ2v) is 8.48. The lowest BCUT2D eigenvalue weighted by molar-refractivity contribution is 0.366. The predicted molar refractivity (Wildman–Crippen MR) is 103 cm³/mol. The van der Waals surface area contributed by atoms with Crippen LogP contribution in [0, 0.1) is 0 Å². The molecule has 0 atom stereocenters. The molecule has 7 heteroatoms. The summed E-state index contributed by atoms with van der Waals surface area (Å²) in [5.41, 5.74) is 1.05. The van der Waals surface area contributed by atoms with Crippen LogP contribution in [0.25, 0.3) is 0 Å². The monoisotopic (exact) mass is 409 g/mol. The molecule has 3 rings (SSSR count). The van der Waals surface area contributed by atoms with Crippen molar-refractivity contribution in [3.63, 3.8) is 0 Å². The second-order valence-electron chi connectivity index (χ2n) is 5.73. The fraction of sp³-hybridized carbons (Fsp3) is 0.158. The van der Waals surface area contributed by atoms with E-state index >= 15 is 0 Å². The molecule has 0 N–H and O–H groups in total. The first-order chi connectivity index (χ1) is 12.5. The molecule has 1 heterocycles. The van der Waals surface area contributed by atoms with E-state index in [9.17, 15) is 8.42 Å². The van der Waals surface area contributed by atoms with E-state index in [1.165, 1.54) is 22.7 Å². The Kier molecular flexibility index (Phi) is 6.04. The first-order valence-electron chi connectivity index (χ1n) is 7.98. The number of nitrogens with zero attached hydrogens (tertiary/aromatic N) is 1. The molecule has 0 radical (unpaired) electrons. The van der Waals surface area contributed by atoms with E-state index in [0.29, 0.717) is 17.2 Å². The van der Waals surface area contributed by atoms with Gasteiger partial charge in [0.25, 0.3) is 0 Å². The number of benzene rings is 2. The van der Waals surface area contributed by atoms with Crippen LogP contribution in [-0.2, 0) is 23.0 Å². The maximum absolute atomic E-state index is 13.2. The van der Waals surface area contributed by atoms with Gasteiger partial charge in [0.15, 0.2) is 0 Å². The van der Waals surface area contributed by atoms with E-state index in [-0.39, 0.29) is 23.0 Å². The Morgan fingerprint density at radius 1 is 0.962 bits per heavy atom. The molecule has 0 spiro atoms. The Bertz CT molecular complexity index is 958. The second kappa shape index (κ2) is 8.27. The Morgan fingerprint density at radius 2 is 1.73 bits per heavy atom. The standard InChI is InChI=1S/C19H17Cl2NO3S/c20-16-8-9-18(21)19(13-16)26(23,24)22(14-17-7-4-12-25-17)11-10-15-5-2-1-3-6-15/h1-9,12-13H,10-11,14H2. The summed E-state index contributed by atoms with van der Waals surface area (Å²) in [7, 11) is -3.84. The number of furan rings is 1. The van der Waals surface area contributed by atoms with Crippen molar-refractivity contribution in [3.8, 4) is 0 Å². The van der Waals surface area contributed by atoms with Gasteiger partial charge in [0.1, 0.15) is 10.7 Å². The van der Waals surface area contributed by atoms with Gasteiger partial charge in [-0.15, -0.1) is 0 Å². The molecule has 0 saturated carbocycles. The molecule has 0 bridgehead atoms. The third-order valence-corrected chi connectivity index (χ3v) is 6.48. The van der Waals surface area contributed by atoms with Gasteiger partial charge < -0.3 is 4.42 Å². The molecule has 3 aromatic rings. The van der Waals surface area contributed by atoms with Gasteiger partial charge in [0.2, 0.25) is 10.0 Å². The average Bonchev–Trinajstić information content (AvgIpc) is 3.14. The van der Waals surface area contributed by atoms with Gasteiger partial charge in [0.05, 0.1) is 17.8 Å². The Labute approximate surface area is 163 Å². The molecule has 1 aromatic heterocycles. The minimum Gasteiger partial charge on any atom is -0.468 e. The van der Waals surface area contributed by atoms with Crippen LogP contribution in [0.15, 0.2) is 76.2 Å². The minimum absolute atomic E-state index is 0.00807. The van der Waals surface area contributed by atoms with Crippen molar-refractivity contribution in [3.05, 3.63) is 88.3 Å². The summed E-state index contributed by atoms with van der Waals surface area (Å²) >= 11 is 12.1. The first-order valence-corrected chi connectivity index (χ1v) is 10.2. The molecule has 2 aromatic carbocycles. The summed E-state index contributed by atoms with van der Waals surface area (Å²) in [5.74, 6) is 0.555. The zero-order valence-corrected chi connectivity index (χ0v) is 16.1. The summed E-state index contributed by atoms with van der Waals surface area (Å²) in [6.07, 6.45) is 2.09. The average molecular weight is 410 g/mol. The van der Waals surface area contributed by atoms with Crippen molar-refractivity contribution in [1.82, 2.24) is 4.31 Å². The molecule has 4 nitrogen and oxygen atoms in total. The predicted octanol–water partition coefficient (Wildman–Crippen LogP) is 5.02. The topological polar surface area (TPSA) is 50.5 Å². The summed E-state index contributed by atoms with van der Waals surface area (Å²) < 4.78 is 33.1. The highest BCUT2D eigenvalue weighted by Gasteiger charge is 2.27. The minimum atomic E-state index is -3.84. The maximum atomic E-state index is 13.2. The summed E-state index contributed by atoms with van der Waals surface area (Å²) in [6.45, 7) is 0.404. The molecule has 0 aliphatic heterocycles. The van der Waals surface area contributed by atoms with E-state index in [1.54, 1.807) is 18.2 Å². The van der Waals surface area contributed by atoms with Gasteiger partial charge in [-0.25, -0.2) is 8.42 Å². The Hall–Kier alpha value is -1.79. The number of rotatable bonds is 7. The molecule has 0 aliphatic carbocycles. The van der Waals surface area contributed by atoms with Gasteiger partial charge in [-0.1, -0.05) is 53.5 Å². The van der Waals surface area contributed by atoms with Gasteiger partial charge in [-0.2, -0.15) is 4.31 Å². The normalized spacial score (nSPS) is 11.8. The van der Waals surface area contributed by atoms with Crippen molar-refractivity contribution in [1.29, 1.82) is 0 Å². The van der Waals surface area contributed by atoms with Crippen molar-refractivity contribution < 1.29 is 12.8 Å². The molecular weight excluding hydrogens is 393 g/mol. The van der Waals surface area contributed by atoms with Crippen LogP contribution < -0.4 is 0 Å². The molecule has 136 valence electrons.